The quantitative estimate of drug-likeness (QED) is 0.680. The maximum atomic E-state index is 12.9. The van der Waals surface area contributed by atoms with Gasteiger partial charge in [-0.1, -0.05) is 30.3 Å². The number of hydrogen-bond acceptors (Lipinski definition) is 5. The van der Waals surface area contributed by atoms with Crippen molar-refractivity contribution in [2.75, 3.05) is 11.9 Å². The Kier molecular flexibility index (Phi) is 4.43. The summed E-state index contributed by atoms with van der Waals surface area (Å²) in [5.74, 6) is -1.71. The van der Waals surface area contributed by atoms with E-state index in [4.69, 9.17) is 4.74 Å². The third-order valence-corrected chi connectivity index (χ3v) is 5.90. The number of fused-ring (bicyclic) bond motifs is 1. The zero-order valence-corrected chi connectivity index (χ0v) is 13.8. The number of esters is 1. The van der Waals surface area contributed by atoms with Gasteiger partial charge in [-0.25, -0.2) is 4.79 Å². The molecule has 0 aromatic heterocycles. The molecule has 1 amide bonds. The second kappa shape index (κ2) is 6.35. The van der Waals surface area contributed by atoms with Crippen LogP contribution in [0.4, 0.5) is 5.69 Å². The van der Waals surface area contributed by atoms with E-state index in [1.54, 1.807) is 13.0 Å². The van der Waals surface area contributed by atoms with Crippen LogP contribution in [0.5, 0.6) is 0 Å². The van der Waals surface area contributed by atoms with E-state index in [-0.39, 0.29) is 12.4 Å². The lowest BCUT2D eigenvalue weighted by molar-refractivity contribution is -0.153. The fourth-order valence-corrected chi connectivity index (χ4v) is 4.65. The molecule has 1 N–H and O–H groups in total. The maximum Gasteiger partial charge on any atom is 0.333 e. The van der Waals surface area contributed by atoms with Crippen LogP contribution in [-0.2, 0) is 19.1 Å². The van der Waals surface area contributed by atoms with Crippen LogP contribution in [-0.4, -0.2) is 29.0 Å². The highest BCUT2D eigenvalue weighted by Gasteiger charge is 2.59. The highest BCUT2D eigenvalue weighted by molar-refractivity contribution is 8.02. The van der Waals surface area contributed by atoms with Crippen LogP contribution in [0.1, 0.15) is 32.6 Å². The molecule has 1 fully saturated rings. The first-order valence-electron chi connectivity index (χ1n) is 7.89. The summed E-state index contributed by atoms with van der Waals surface area (Å²) in [6.45, 7) is 1.88. The Balaban J connectivity index is 2.07. The van der Waals surface area contributed by atoms with Gasteiger partial charge in [-0.3, -0.25) is 9.59 Å². The maximum absolute atomic E-state index is 12.9. The van der Waals surface area contributed by atoms with Crippen molar-refractivity contribution in [3.63, 3.8) is 0 Å². The van der Waals surface area contributed by atoms with E-state index in [1.165, 1.54) is 0 Å². The molecule has 1 heterocycles. The van der Waals surface area contributed by atoms with Crippen LogP contribution >= 0.6 is 11.8 Å². The Hall–Kier alpha value is -1.82. The number of para-hydroxylation sites is 1. The van der Waals surface area contributed by atoms with Gasteiger partial charge in [-0.15, -0.1) is 0 Å². The summed E-state index contributed by atoms with van der Waals surface area (Å²) in [6, 6.07) is 7.31. The SMILES string of the molecule is CCOC(=O)C1(C2CCCCC2=O)Sc2ccccc2NC1=O. The minimum atomic E-state index is -1.51. The summed E-state index contributed by atoms with van der Waals surface area (Å²) in [7, 11) is 0. The number of hydrogen-bond donors (Lipinski definition) is 1. The fourth-order valence-electron chi connectivity index (χ4n) is 3.25. The van der Waals surface area contributed by atoms with E-state index >= 15 is 0 Å². The first kappa shape index (κ1) is 16.1. The number of ether oxygens (including phenoxy) is 1. The van der Waals surface area contributed by atoms with E-state index in [9.17, 15) is 14.4 Å². The number of carbonyl (C=O) groups is 3. The Morgan fingerprint density at radius 2 is 2.13 bits per heavy atom. The molecule has 2 atom stereocenters. The van der Waals surface area contributed by atoms with Crippen molar-refractivity contribution in [2.45, 2.75) is 42.2 Å². The van der Waals surface area contributed by atoms with Crippen LogP contribution < -0.4 is 5.32 Å². The lowest BCUT2D eigenvalue weighted by Crippen LogP contribution is -2.57. The number of nitrogens with one attached hydrogen (secondary N) is 1. The average molecular weight is 333 g/mol. The van der Waals surface area contributed by atoms with Crippen molar-refractivity contribution in [2.24, 2.45) is 5.92 Å². The summed E-state index contributed by atoms with van der Waals surface area (Å²) in [4.78, 5) is 38.8. The summed E-state index contributed by atoms with van der Waals surface area (Å²) < 4.78 is 3.69. The third kappa shape index (κ3) is 2.65. The van der Waals surface area contributed by atoms with Gasteiger partial charge < -0.3 is 10.1 Å². The molecule has 0 saturated heterocycles. The predicted molar refractivity (Wildman–Crippen MR) is 87.3 cm³/mol. The first-order chi connectivity index (χ1) is 11.1. The number of amides is 1. The number of benzene rings is 1. The van der Waals surface area contributed by atoms with Gasteiger partial charge in [0.15, 0.2) is 0 Å². The highest BCUT2D eigenvalue weighted by atomic mass is 32.2. The molecule has 122 valence electrons. The van der Waals surface area contributed by atoms with Crippen molar-refractivity contribution in [1.82, 2.24) is 0 Å². The molecule has 2 aliphatic rings. The van der Waals surface area contributed by atoms with Crippen LogP contribution in [0.25, 0.3) is 0 Å². The lowest BCUT2D eigenvalue weighted by Gasteiger charge is -2.40. The molecule has 1 aromatic carbocycles. The van der Waals surface area contributed by atoms with Crippen molar-refractivity contribution in [3.05, 3.63) is 24.3 Å². The molecular formula is C17H19NO4S. The molecule has 23 heavy (non-hydrogen) atoms. The number of anilines is 1. The Morgan fingerprint density at radius 1 is 1.35 bits per heavy atom. The van der Waals surface area contributed by atoms with Crippen molar-refractivity contribution >= 4 is 35.1 Å². The van der Waals surface area contributed by atoms with Crippen LogP contribution in [0.3, 0.4) is 0 Å². The number of Topliss-reactive ketones (excluding diaryl/α,β-unsaturated/α-hetero) is 1. The van der Waals surface area contributed by atoms with Gasteiger partial charge in [0.2, 0.25) is 4.75 Å². The van der Waals surface area contributed by atoms with Crippen LogP contribution in [0.2, 0.25) is 0 Å². The summed E-state index contributed by atoms with van der Waals surface area (Å²) in [5.41, 5.74) is 0.672. The molecule has 0 spiro atoms. The van der Waals surface area contributed by atoms with Gasteiger partial charge >= 0.3 is 5.97 Å². The van der Waals surface area contributed by atoms with Gasteiger partial charge in [0.1, 0.15) is 5.78 Å². The van der Waals surface area contributed by atoms with Crippen LogP contribution in [0, 0.1) is 5.92 Å². The Morgan fingerprint density at radius 3 is 2.87 bits per heavy atom. The van der Waals surface area contributed by atoms with Gasteiger partial charge in [-0.2, -0.15) is 0 Å². The van der Waals surface area contributed by atoms with Gasteiger partial charge in [0.25, 0.3) is 5.91 Å². The van der Waals surface area contributed by atoms with Crippen molar-refractivity contribution < 1.29 is 19.1 Å². The molecule has 1 aliphatic heterocycles. The van der Waals surface area contributed by atoms with E-state index < -0.39 is 22.5 Å². The second-order valence-corrected chi connectivity index (χ2v) is 7.06. The van der Waals surface area contributed by atoms with Gasteiger partial charge in [-0.05, 0) is 31.9 Å². The largest absolute Gasteiger partial charge is 0.465 e. The molecule has 1 saturated carbocycles. The number of ketones is 1. The third-order valence-electron chi connectivity index (χ3n) is 4.37. The zero-order valence-electron chi connectivity index (χ0n) is 13.0. The summed E-state index contributed by atoms with van der Waals surface area (Å²) in [5, 5.41) is 2.80. The van der Waals surface area contributed by atoms with Crippen molar-refractivity contribution in [1.29, 1.82) is 0 Å². The topological polar surface area (TPSA) is 72.5 Å². The summed E-state index contributed by atoms with van der Waals surface area (Å²) >= 11 is 1.16. The Labute approximate surface area is 139 Å². The highest BCUT2D eigenvalue weighted by Crippen LogP contribution is 2.50. The molecule has 6 heteroatoms. The van der Waals surface area contributed by atoms with Gasteiger partial charge in [0, 0.05) is 11.3 Å². The molecule has 3 rings (SSSR count). The molecule has 5 nitrogen and oxygen atoms in total. The first-order valence-corrected chi connectivity index (χ1v) is 8.70. The smallest absolute Gasteiger partial charge is 0.333 e. The van der Waals surface area contributed by atoms with E-state index in [0.29, 0.717) is 18.5 Å². The fraction of sp³-hybridized carbons (Fsp3) is 0.471. The van der Waals surface area contributed by atoms with Crippen molar-refractivity contribution in [3.8, 4) is 0 Å². The minimum Gasteiger partial charge on any atom is -0.465 e. The van der Waals surface area contributed by atoms with Gasteiger partial charge in [0.05, 0.1) is 18.2 Å². The minimum absolute atomic E-state index is 0.0219. The Bertz CT molecular complexity index is 660. The predicted octanol–water partition coefficient (Wildman–Crippen LogP) is 2.79. The van der Waals surface area contributed by atoms with E-state index in [0.717, 1.165) is 29.5 Å². The molecule has 1 aromatic rings. The van der Waals surface area contributed by atoms with E-state index in [2.05, 4.69) is 5.32 Å². The molecule has 0 radical (unpaired) electrons. The molecular weight excluding hydrogens is 314 g/mol. The standard InChI is InChI=1S/C17H19NO4S/c1-2-22-16(21)17(11-7-3-5-9-13(11)19)15(20)18-12-8-4-6-10-14(12)23-17/h4,6,8,10-11H,2-3,5,7,9H2,1H3,(H,18,20). The second-order valence-electron chi connectivity index (χ2n) is 5.77. The lowest BCUT2D eigenvalue weighted by atomic mass is 9.77. The van der Waals surface area contributed by atoms with E-state index in [1.807, 2.05) is 18.2 Å². The monoisotopic (exact) mass is 333 g/mol. The molecule has 0 bridgehead atoms. The average Bonchev–Trinajstić information content (AvgIpc) is 2.55. The van der Waals surface area contributed by atoms with Crippen LogP contribution in [0.15, 0.2) is 29.2 Å². The molecule has 1 aliphatic carbocycles. The number of rotatable bonds is 3. The summed E-state index contributed by atoms with van der Waals surface area (Å²) in [6.07, 6.45) is 2.62. The zero-order chi connectivity index (χ0) is 16.4. The normalized spacial score (nSPS) is 27.1. The molecule has 2 unspecified atom stereocenters. The number of thioether (sulfide) groups is 1. The number of carbonyl (C=O) groups excluding carboxylic acids is 3.